The predicted octanol–water partition coefficient (Wildman–Crippen LogP) is 3.47. The van der Waals surface area contributed by atoms with E-state index in [2.05, 4.69) is 20.2 Å². The molecule has 5 nitrogen and oxygen atoms in total. The van der Waals surface area contributed by atoms with Gasteiger partial charge in [0.1, 0.15) is 5.82 Å². The van der Waals surface area contributed by atoms with Gasteiger partial charge in [0.25, 0.3) is 0 Å². The maximum absolute atomic E-state index is 12.0. The highest BCUT2D eigenvalue weighted by Gasteiger charge is 2.07. The summed E-state index contributed by atoms with van der Waals surface area (Å²) in [7, 11) is 0. The molecule has 2 amide bonds. The monoisotopic (exact) mass is 308 g/mol. The molecule has 0 saturated heterocycles. The van der Waals surface area contributed by atoms with Gasteiger partial charge in [-0.3, -0.25) is 0 Å². The second kappa shape index (κ2) is 6.52. The Bertz CT molecular complexity index is 838. The number of carbonyl (C=O) groups excluding carboxylic acids is 1. The van der Waals surface area contributed by atoms with Crippen LogP contribution in [0.25, 0.3) is 11.0 Å². The summed E-state index contributed by atoms with van der Waals surface area (Å²) in [5.41, 5.74) is 3.98. The van der Waals surface area contributed by atoms with Crippen molar-refractivity contribution in [2.75, 3.05) is 11.9 Å². The van der Waals surface area contributed by atoms with Crippen LogP contribution in [-0.2, 0) is 6.54 Å². The predicted molar refractivity (Wildman–Crippen MR) is 92.7 cm³/mol. The average molecular weight is 308 g/mol. The number of hydrogen-bond acceptors (Lipinski definition) is 2. The van der Waals surface area contributed by atoms with Crippen molar-refractivity contribution in [3.05, 3.63) is 59.9 Å². The molecule has 0 aliphatic heterocycles. The third-order valence-electron chi connectivity index (χ3n) is 3.74. The summed E-state index contributed by atoms with van der Waals surface area (Å²) in [5, 5.41) is 5.72. The molecule has 0 radical (unpaired) electrons. The number of amides is 2. The van der Waals surface area contributed by atoms with E-state index in [1.807, 2.05) is 62.4 Å². The molecule has 0 aliphatic rings. The molecule has 1 heterocycles. The van der Waals surface area contributed by atoms with E-state index in [1.54, 1.807) is 0 Å². The van der Waals surface area contributed by atoms with Gasteiger partial charge in [-0.25, -0.2) is 9.78 Å². The van der Waals surface area contributed by atoms with Gasteiger partial charge in [0, 0.05) is 18.8 Å². The molecule has 23 heavy (non-hydrogen) atoms. The number of para-hydroxylation sites is 2. The highest BCUT2D eigenvalue weighted by Crippen LogP contribution is 2.14. The normalized spacial score (nSPS) is 10.7. The molecular weight excluding hydrogens is 288 g/mol. The Labute approximate surface area is 135 Å². The Morgan fingerprint density at radius 2 is 1.96 bits per heavy atom. The molecule has 2 N–H and O–H groups in total. The number of carbonyl (C=O) groups is 1. The van der Waals surface area contributed by atoms with Crippen LogP contribution >= 0.6 is 0 Å². The number of urea groups is 1. The zero-order valence-corrected chi connectivity index (χ0v) is 13.3. The number of imidazole rings is 1. The third kappa shape index (κ3) is 3.51. The van der Waals surface area contributed by atoms with E-state index in [0.717, 1.165) is 28.1 Å². The lowest BCUT2D eigenvalue weighted by Gasteiger charge is -2.10. The molecule has 0 unspecified atom stereocenters. The lowest BCUT2D eigenvalue weighted by atomic mass is 10.2. The van der Waals surface area contributed by atoms with Gasteiger partial charge < -0.3 is 15.2 Å². The van der Waals surface area contributed by atoms with Crippen molar-refractivity contribution in [2.45, 2.75) is 20.4 Å². The van der Waals surface area contributed by atoms with Crippen molar-refractivity contribution < 1.29 is 4.79 Å². The summed E-state index contributed by atoms with van der Waals surface area (Å²) < 4.78 is 2.11. The smallest absolute Gasteiger partial charge is 0.319 e. The molecule has 1 aromatic heterocycles. The van der Waals surface area contributed by atoms with Gasteiger partial charge in [-0.15, -0.1) is 0 Å². The first-order chi connectivity index (χ1) is 11.1. The van der Waals surface area contributed by atoms with Crippen LogP contribution in [0, 0.1) is 13.8 Å². The molecule has 2 aromatic carbocycles. The summed E-state index contributed by atoms with van der Waals surface area (Å²) in [6.45, 7) is 5.20. The topological polar surface area (TPSA) is 59.0 Å². The van der Waals surface area contributed by atoms with Crippen molar-refractivity contribution in [3.63, 3.8) is 0 Å². The average Bonchev–Trinajstić information content (AvgIpc) is 2.83. The minimum Gasteiger partial charge on any atom is -0.336 e. The van der Waals surface area contributed by atoms with E-state index >= 15 is 0 Å². The van der Waals surface area contributed by atoms with E-state index in [1.165, 1.54) is 0 Å². The molecule has 0 bridgehead atoms. The van der Waals surface area contributed by atoms with Crippen LogP contribution in [0.2, 0.25) is 0 Å². The molecule has 118 valence electrons. The maximum atomic E-state index is 12.0. The van der Waals surface area contributed by atoms with Crippen LogP contribution in [0.1, 0.15) is 11.4 Å². The van der Waals surface area contributed by atoms with E-state index < -0.39 is 0 Å². The Morgan fingerprint density at radius 1 is 1.13 bits per heavy atom. The van der Waals surface area contributed by atoms with Gasteiger partial charge in [-0.05, 0) is 43.7 Å². The van der Waals surface area contributed by atoms with E-state index in [0.29, 0.717) is 13.1 Å². The Morgan fingerprint density at radius 3 is 2.78 bits per heavy atom. The van der Waals surface area contributed by atoms with Gasteiger partial charge in [-0.2, -0.15) is 0 Å². The molecular formula is C18H20N4O. The van der Waals surface area contributed by atoms with Crippen LogP contribution in [0.3, 0.4) is 0 Å². The number of rotatable bonds is 4. The number of fused-ring (bicyclic) bond motifs is 1. The fraction of sp³-hybridized carbons (Fsp3) is 0.222. The van der Waals surface area contributed by atoms with E-state index in [9.17, 15) is 4.79 Å². The summed E-state index contributed by atoms with van der Waals surface area (Å²) in [4.78, 5) is 16.5. The van der Waals surface area contributed by atoms with Gasteiger partial charge in [0.15, 0.2) is 0 Å². The van der Waals surface area contributed by atoms with Crippen LogP contribution < -0.4 is 10.6 Å². The van der Waals surface area contributed by atoms with Gasteiger partial charge >= 0.3 is 6.03 Å². The summed E-state index contributed by atoms with van der Waals surface area (Å²) >= 11 is 0. The lowest BCUT2D eigenvalue weighted by Crippen LogP contribution is -2.31. The second-order valence-electron chi connectivity index (χ2n) is 5.55. The Kier molecular flexibility index (Phi) is 4.28. The van der Waals surface area contributed by atoms with Crippen molar-refractivity contribution >= 4 is 22.8 Å². The standard InChI is InChI=1S/C18H20N4O/c1-13-6-5-7-15(12-13)21-18(23)19-10-11-22-14(2)20-16-8-3-4-9-17(16)22/h3-9,12H,10-11H2,1-2H3,(H2,19,21,23). The first-order valence-corrected chi connectivity index (χ1v) is 7.67. The molecule has 0 spiro atoms. The molecule has 3 rings (SSSR count). The molecule has 0 fully saturated rings. The molecule has 0 atom stereocenters. The highest BCUT2D eigenvalue weighted by atomic mass is 16.2. The summed E-state index contributed by atoms with van der Waals surface area (Å²) in [6.07, 6.45) is 0. The lowest BCUT2D eigenvalue weighted by molar-refractivity contribution is 0.251. The van der Waals surface area contributed by atoms with Crippen LogP contribution in [0.15, 0.2) is 48.5 Å². The zero-order chi connectivity index (χ0) is 16.2. The minimum atomic E-state index is -0.197. The number of nitrogens with one attached hydrogen (secondary N) is 2. The van der Waals surface area contributed by atoms with Gasteiger partial charge in [0.05, 0.1) is 11.0 Å². The zero-order valence-electron chi connectivity index (χ0n) is 13.3. The number of benzene rings is 2. The fourth-order valence-corrected chi connectivity index (χ4v) is 2.66. The molecule has 5 heteroatoms. The first-order valence-electron chi connectivity index (χ1n) is 7.67. The van der Waals surface area contributed by atoms with Crippen molar-refractivity contribution in [1.82, 2.24) is 14.9 Å². The molecule has 3 aromatic rings. The largest absolute Gasteiger partial charge is 0.336 e. The summed E-state index contributed by atoms with van der Waals surface area (Å²) in [5.74, 6) is 0.951. The SMILES string of the molecule is Cc1cccc(NC(=O)NCCn2c(C)nc3ccccc32)c1. The number of nitrogens with zero attached hydrogens (tertiary/aromatic N) is 2. The van der Waals surface area contributed by atoms with E-state index in [4.69, 9.17) is 0 Å². The van der Waals surface area contributed by atoms with E-state index in [-0.39, 0.29) is 6.03 Å². The highest BCUT2D eigenvalue weighted by molar-refractivity contribution is 5.89. The van der Waals surface area contributed by atoms with Crippen LogP contribution in [-0.4, -0.2) is 22.1 Å². The van der Waals surface area contributed by atoms with Crippen molar-refractivity contribution in [3.8, 4) is 0 Å². The van der Waals surface area contributed by atoms with Gasteiger partial charge in [-0.1, -0.05) is 24.3 Å². The number of aromatic nitrogens is 2. The molecule has 0 aliphatic carbocycles. The number of hydrogen-bond donors (Lipinski definition) is 2. The Hall–Kier alpha value is -2.82. The minimum absolute atomic E-state index is 0.197. The Balaban J connectivity index is 1.58. The number of aryl methyl sites for hydroxylation is 2. The first kappa shape index (κ1) is 15.1. The summed E-state index contributed by atoms with van der Waals surface area (Å²) in [6, 6.07) is 15.6. The maximum Gasteiger partial charge on any atom is 0.319 e. The third-order valence-corrected chi connectivity index (χ3v) is 3.74. The van der Waals surface area contributed by atoms with Crippen molar-refractivity contribution in [1.29, 1.82) is 0 Å². The molecule has 0 saturated carbocycles. The quantitative estimate of drug-likeness (QED) is 0.775. The van der Waals surface area contributed by atoms with Crippen molar-refractivity contribution in [2.24, 2.45) is 0 Å². The van der Waals surface area contributed by atoms with Gasteiger partial charge in [0.2, 0.25) is 0 Å². The van der Waals surface area contributed by atoms with Crippen LogP contribution in [0.5, 0.6) is 0 Å². The second-order valence-corrected chi connectivity index (χ2v) is 5.55. The fourth-order valence-electron chi connectivity index (χ4n) is 2.66. The van der Waals surface area contributed by atoms with Crippen LogP contribution in [0.4, 0.5) is 10.5 Å². The number of anilines is 1.